The normalized spacial score (nSPS) is 11.9. The van der Waals surface area contributed by atoms with Crippen molar-refractivity contribution in [2.24, 2.45) is 0 Å². The summed E-state index contributed by atoms with van der Waals surface area (Å²) in [5.74, 6) is 0.705. The van der Waals surface area contributed by atoms with Crippen molar-refractivity contribution < 1.29 is 4.79 Å². The number of aryl methyl sites for hydroxylation is 1. The highest BCUT2D eigenvalue weighted by molar-refractivity contribution is 8.00. The van der Waals surface area contributed by atoms with E-state index in [2.05, 4.69) is 20.5 Å². The maximum Gasteiger partial charge on any atom is 0.238 e. The average molecular weight is 484 g/mol. The summed E-state index contributed by atoms with van der Waals surface area (Å²) in [4.78, 5) is 16.9. The summed E-state index contributed by atoms with van der Waals surface area (Å²) in [5.41, 5.74) is 3.00. The van der Waals surface area contributed by atoms with Crippen LogP contribution in [0.1, 0.15) is 12.5 Å². The van der Waals surface area contributed by atoms with E-state index in [-0.39, 0.29) is 16.7 Å². The third kappa shape index (κ3) is 4.96. The maximum atomic E-state index is 12.8. The molecule has 0 saturated heterocycles. The van der Waals surface area contributed by atoms with Crippen molar-refractivity contribution in [2.45, 2.75) is 24.3 Å². The standard InChI is InChI=1S/C23H19Cl2N5OS/c1-14-8-10-18(11-9-14)30-21(16-6-4-3-5-7-16)28-29-23(30)32-15(2)22(31)27-20-19(25)12-17(24)13-26-20/h3-13,15H,1-2H3,(H,26,27,31). The Balaban J connectivity index is 1.63. The van der Waals surface area contributed by atoms with Crippen LogP contribution in [0, 0.1) is 6.92 Å². The predicted octanol–water partition coefficient (Wildman–Crippen LogP) is 6.06. The van der Waals surface area contributed by atoms with E-state index >= 15 is 0 Å². The Labute approximate surface area is 200 Å². The Bertz CT molecular complexity index is 1250. The third-order valence-corrected chi connectivity index (χ3v) is 6.20. The molecule has 0 bridgehead atoms. The minimum absolute atomic E-state index is 0.258. The highest BCUT2D eigenvalue weighted by atomic mass is 35.5. The molecule has 4 rings (SSSR count). The highest BCUT2D eigenvalue weighted by Crippen LogP contribution is 2.31. The van der Waals surface area contributed by atoms with Gasteiger partial charge in [0.1, 0.15) is 0 Å². The second kappa shape index (κ2) is 9.73. The van der Waals surface area contributed by atoms with E-state index in [9.17, 15) is 4.79 Å². The number of hydrogen-bond donors (Lipinski definition) is 1. The van der Waals surface area contributed by atoms with Gasteiger partial charge in [0.2, 0.25) is 5.91 Å². The number of carbonyl (C=O) groups is 1. The van der Waals surface area contributed by atoms with Crippen molar-refractivity contribution in [3.8, 4) is 17.1 Å². The van der Waals surface area contributed by atoms with Gasteiger partial charge >= 0.3 is 0 Å². The maximum absolute atomic E-state index is 12.8. The van der Waals surface area contributed by atoms with Gasteiger partial charge in [-0.15, -0.1) is 10.2 Å². The lowest BCUT2D eigenvalue weighted by Crippen LogP contribution is -2.23. The van der Waals surface area contributed by atoms with Crippen LogP contribution in [0.4, 0.5) is 5.82 Å². The van der Waals surface area contributed by atoms with Crippen LogP contribution in [0.3, 0.4) is 0 Å². The largest absolute Gasteiger partial charge is 0.308 e. The molecule has 0 fully saturated rings. The fourth-order valence-electron chi connectivity index (χ4n) is 2.98. The summed E-state index contributed by atoms with van der Waals surface area (Å²) in [6.45, 7) is 3.83. The monoisotopic (exact) mass is 483 g/mol. The van der Waals surface area contributed by atoms with E-state index in [0.717, 1.165) is 16.8 Å². The van der Waals surface area contributed by atoms with Crippen LogP contribution < -0.4 is 5.32 Å². The Morgan fingerprint density at radius 1 is 1.06 bits per heavy atom. The van der Waals surface area contributed by atoms with Crippen LogP contribution in [0.2, 0.25) is 10.0 Å². The van der Waals surface area contributed by atoms with Crippen LogP contribution in [-0.2, 0) is 4.79 Å². The number of nitrogens with one attached hydrogen (secondary N) is 1. The van der Waals surface area contributed by atoms with Crippen LogP contribution in [0.15, 0.2) is 72.0 Å². The molecule has 0 aliphatic heterocycles. The first kappa shape index (κ1) is 22.3. The lowest BCUT2D eigenvalue weighted by Gasteiger charge is -2.14. The van der Waals surface area contributed by atoms with Crippen LogP contribution >= 0.6 is 35.0 Å². The first-order chi connectivity index (χ1) is 15.4. The smallest absolute Gasteiger partial charge is 0.238 e. The molecule has 2 aromatic heterocycles. The van der Waals surface area contributed by atoms with Crippen molar-refractivity contribution in [1.29, 1.82) is 0 Å². The van der Waals surface area contributed by atoms with Crippen molar-refractivity contribution in [2.75, 3.05) is 5.32 Å². The quantitative estimate of drug-likeness (QED) is 0.337. The van der Waals surface area contributed by atoms with E-state index in [4.69, 9.17) is 23.2 Å². The molecule has 0 aliphatic carbocycles. The molecule has 1 N–H and O–H groups in total. The third-order valence-electron chi connectivity index (χ3n) is 4.66. The van der Waals surface area contributed by atoms with Crippen LogP contribution in [0.25, 0.3) is 17.1 Å². The summed E-state index contributed by atoms with van der Waals surface area (Å²) < 4.78 is 1.96. The zero-order valence-corrected chi connectivity index (χ0v) is 19.6. The molecule has 162 valence electrons. The Morgan fingerprint density at radius 3 is 2.47 bits per heavy atom. The zero-order valence-electron chi connectivity index (χ0n) is 17.3. The number of anilines is 1. The summed E-state index contributed by atoms with van der Waals surface area (Å²) in [6, 6.07) is 19.4. The van der Waals surface area contributed by atoms with E-state index in [1.807, 2.05) is 66.1 Å². The lowest BCUT2D eigenvalue weighted by molar-refractivity contribution is -0.115. The molecule has 1 unspecified atom stereocenters. The number of hydrogen-bond acceptors (Lipinski definition) is 5. The second-order valence-corrected chi connectivity index (χ2v) is 9.23. The number of amides is 1. The van der Waals surface area contributed by atoms with Crippen molar-refractivity contribution in [3.05, 3.63) is 82.5 Å². The molecule has 0 saturated carbocycles. The van der Waals surface area contributed by atoms with E-state index < -0.39 is 5.25 Å². The number of aromatic nitrogens is 4. The van der Waals surface area contributed by atoms with Crippen molar-refractivity contribution in [1.82, 2.24) is 19.7 Å². The van der Waals surface area contributed by atoms with Gasteiger partial charge in [-0.2, -0.15) is 0 Å². The van der Waals surface area contributed by atoms with Crippen molar-refractivity contribution >= 4 is 46.7 Å². The van der Waals surface area contributed by atoms with Gasteiger partial charge in [0, 0.05) is 17.4 Å². The molecule has 0 aliphatic rings. The van der Waals surface area contributed by atoms with Gasteiger partial charge in [0.25, 0.3) is 0 Å². The SMILES string of the molecule is Cc1ccc(-n2c(SC(C)C(=O)Nc3ncc(Cl)cc3Cl)nnc2-c2ccccc2)cc1. The number of nitrogens with zero attached hydrogens (tertiary/aromatic N) is 4. The van der Waals surface area contributed by atoms with Gasteiger partial charge in [-0.05, 0) is 32.0 Å². The molecule has 0 radical (unpaired) electrons. The number of halogens is 2. The summed E-state index contributed by atoms with van der Waals surface area (Å²) >= 11 is 13.3. The van der Waals surface area contributed by atoms with E-state index in [1.54, 1.807) is 6.92 Å². The molecular weight excluding hydrogens is 465 g/mol. The number of rotatable bonds is 6. The minimum atomic E-state index is -0.486. The number of thioether (sulfide) groups is 1. The molecular formula is C23H19Cl2N5OS. The Kier molecular flexibility index (Phi) is 6.79. The number of benzene rings is 2. The second-order valence-electron chi connectivity index (χ2n) is 7.08. The zero-order chi connectivity index (χ0) is 22.7. The van der Waals surface area contributed by atoms with Gasteiger partial charge in [-0.25, -0.2) is 4.98 Å². The van der Waals surface area contributed by atoms with Gasteiger partial charge < -0.3 is 5.32 Å². The highest BCUT2D eigenvalue weighted by Gasteiger charge is 2.22. The molecule has 9 heteroatoms. The van der Waals surface area contributed by atoms with Crippen LogP contribution in [0.5, 0.6) is 0 Å². The fourth-order valence-corrected chi connectivity index (χ4v) is 4.28. The fraction of sp³-hybridized carbons (Fsp3) is 0.130. The van der Waals surface area contributed by atoms with Gasteiger partial charge in [0.05, 0.1) is 15.3 Å². The Hall–Kier alpha value is -2.87. The minimum Gasteiger partial charge on any atom is -0.308 e. The molecule has 2 heterocycles. The predicted molar refractivity (Wildman–Crippen MR) is 130 cm³/mol. The van der Waals surface area contributed by atoms with Gasteiger partial charge in [-0.1, -0.05) is 83.0 Å². The first-order valence-corrected chi connectivity index (χ1v) is 11.4. The Morgan fingerprint density at radius 2 is 1.78 bits per heavy atom. The molecule has 6 nitrogen and oxygen atoms in total. The molecule has 2 aromatic carbocycles. The van der Waals surface area contributed by atoms with Gasteiger partial charge in [-0.3, -0.25) is 9.36 Å². The summed E-state index contributed by atoms with van der Waals surface area (Å²) in [7, 11) is 0. The topological polar surface area (TPSA) is 72.7 Å². The molecule has 32 heavy (non-hydrogen) atoms. The number of carbonyl (C=O) groups excluding carboxylic acids is 1. The summed E-state index contributed by atoms with van der Waals surface area (Å²) in [5, 5.41) is 12.3. The molecule has 4 aromatic rings. The van der Waals surface area contributed by atoms with Gasteiger partial charge in [0.15, 0.2) is 16.8 Å². The van der Waals surface area contributed by atoms with Crippen molar-refractivity contribution in [3.63, 3.8) is 0 Å². The number of pyridine rings is 1. The average Bonchev–Trinajstić information content (AvgIpc) is 3.20. The van der Waals surface area contributed by atoms with E-state index in [1.165, 1.54) is 24.0 Å². The first-order valence-electron chi connectivity index (χ1n) is 9.79. The van der Waals surface area contributed by atoms with Crippen LogP contribution in [-0.4, -0.2) is 30.9 Å². The summed E-state index contributed by atoms with van der Waals surface area (Å²) in [6.07, 6.45) is 1.43. The lowest BCUT2D eigenvalue weighted by atomic mass is 10.2. The molecule has 1 atom stereocenters. The molecule has 1 amide bonds. The van der Waals surface area contributed by atoms with E-state index in [0.29, 0.717) is 16.0 Å². The molecule has 0 spiro atoms.